The summed E-state index contributed by atoms with van der Waals surface area (Å²) in [6.07, 6.45) is 5.17. The zero-order chi connectivity index (χ0) is 8.69. The van der Waals surface area contributed by atoms with Crippen LogP contribution in [0, 0.1) is 0 Å². The average molecular weight is 153 g/mol. The summed E-state index contributed by atoms with van der Waals surface area (Å²) in [5.74, 6) is 0. The summed E-state index contributed by atoms with van der Waals surface area (Å²) in [6, 6.07) is 0.590. The maximum absolute atomic E-state index is 3.69. The van der Waals surface area contributed by atoms with Gasteiger partial charge in [0.1, 0.15) is 0 Å². The molecule has 1 nitrogen and oxygen atoms in total. The average Bonchev–Trinajstić information content (AvgIpc) is 1.97. The Balaban J connectivity index is 3.33. The Morgan fingerprint density at radius 1 is 1.55 bits per heavy atom. The highest BCUT2D eigenvalue weighted by Crippen LogP contribution is 1.94. The molecule has 11 heavy (non-hydrogen) atoms. The van der Waals surface area contributed by atoms with E-state index < -0.39 is 0 Å². The Bertz CT molecular complexity index is 134. The van der Waals surface area contributed by atoms with Crippen molar-refractivity contribution in [3.8, 4) is 0 Å². The molecule has 0 rings (SSSR count). The third kappa shape index (κ3) is 7.34. The summed E-state index contributed by atoms with van der Waals surface area (Å²) in [4.78, 5) is 0. The first kappa shape index (κ1) is 10.4. The molecule has 0 unspecified atom stereocenters. The van der Waals surface area contributed by atoms with Gasteiger partial charge in [0.2, 0.25) is 0 Å². The normalized spacial score (nSPS) is 12.2. The largest absolute Gasteiger partial charge is 0.314 e. The number of hydrogen-bond donors (Lipinski definition) is 1. The van der Waals surface area contributed by atoms with Crippen LogP contribution in [0.3, 0.4) is 0 Å². The topological polar surface area (TPSA) is 12.0 Å². The van der Waals surface area contributed by atoms with Gasteiger partial charge in [-0.3, -0.25) is 0 Å². The highest BCUT2D eigenvalue weighted by molar-refractivity contribution is 5.12. The Labute approximate surface area is 70.2 Å². The van der Waals surface area contributed by atoms with Crippen molar-refractivity contribution in [2.24, 2.45) is 0 Å². The van der Waals surface area contributed by atoms with Crippen LogP contribution in [0.5, 0.6) is 0 Å². The molecule has 0 amide bonds. The van der Waals surface area contributed by atoms with Gasteiger partial charge in [0.05, 0.1) is 0 Å². The monoisotopic (exact) mass is 153 g/mol. The van der Waals surface area contributed by atoms with Crippen LogP contribution in [0.4, 0.5) is 0 Å². The van der Waals surface area contributed by atoms with Crippen molar-refractivity contribution in [1.29, 1.82) is 0 Å². The first-order valence-corrected chi connectivity index (χ1v) is 4.19. The van der Waals surface area contributed by atoms with E-state index in [0.29, 0.717) is 6.04 Å². The third-order valence-electron chi connectivity index (χ3n) is 1.49. The van der Waals surface area contributed by atoms with Gasteiger partial charge in [-0.1, -0.05) is 38.2 Å². The van der Waals surface area contributed by atoms with Crippen LogP contribution < -0.4 is 5.32 Å². The van der Waals surface area contributed by atoms with Gasteiger partial charge in [0, 0.05) is 6.04 Å². The van der Waals surface area contributed by atoms with Crippen molar-refractivity contribution in [1.82, 2.24) is 5.32 Å². The smallest absolute Gasteiger partial charge is 0.00105 e. The van der Waals surface area contributed by atoms with Gasteiger partial charge in [0.25, 0.3) is 0 Å². The SMILES string of the molecule is C=CC(C)=CCCNC(C)C. The standard InChI is InChI=1S/C10H19N/c1-5-10(4)7-6-8-11-9(2)3/h5,7,9,11H,1,6,8H2,2-4H3. The maximum Gasteiger partial charge on any atom is 0.00105 e. The minimum atomic E-state index is 0.590. The second kappa shape index (κ2) is 6.17. The molecule has 0 aromatic carbocycles. The van der Waals surface area contributed by atoms with Crippen LogP contribution in [0.25, 0.3) is 0 Å². The summed E-state index contributed by atoms with van der Waals surface area (Å²) in [5, 5.41) is 3.35. The van der Waals surface area contributed by atoms with Gasteiger partial charge >= 0.3 is 0 Å². The lowest BCUT2D eigenvalue weighted by atomic mass is 10.2. The van der Waals surface area contributed by atoms with Crippen molar-refractivity contribution < 1.29 is 0 Å². The van der Waals surface area contributed by atoms with Gasteiger partial charge in [-0.2, -0.15) is 0 Å². The van der Waals surface area contributed by atoms with Crippen LogP contribution in [0.2, 0.25) is 0 Å². The Kier molecular flexibility index (Phi) is 5.86. The molecule has 0 bridgehead atoms. The Morgan fingerprint density at radius 3 is 2.64 bits per heavy atom. The predicted octanol–water partition coefficient (Wildman–Crippen LogP) is 2.51. The summed E-state index contributed by atoms with van der Waals surface area (Å²) in [6.45, 7) is 11.1. The number of rotatable bonds is 5. The number of hydrogen-bond acceptors (Lipinski definition) is 1. The van der Waals surface area contributed by atoms with Crippen LogP contribution in [0.1, 0.15) is 27.2 Å². The van der Waals surface area contributed by atoms with E-state index in [1.54, 1.807) is 0 Å². The van der Waals surface area contributed by atoms with Gasteiger partial charge in [0.15, 0.2) is 0 Å². The molecule has 1 heteroatoms. The summed E-state index contributed by atoms with van der Waals surface area (Å²) in [5.41, 5.74) is 1.26. The zero-order valence-corrected chi connectivity index (χ0v) is 7.85. The molecule has 1 N–H and O–H groups in total. The molecule has 0 aliphatic carbocycles. The minimum absolute atomic E-state index is 0.590. The molecular formula is C10H19N. The summed E-state index contributed by atoms with van der Waals surface area (Å²) < 4.78 is 0. The van der Waals surface area contributed by atoms with Gasteiger partial charge in [-0.25, -0.2) is 0 Å². The highest BCUT2D eigenvalue weighted by Gasteiger charge is 1.88. The minimum Gasteiger partial charge on any atom is -0.314 e. The van der Waals surface area contributed by atoms with Crippen molar-refractivity contribution >= 4 is 0 Å². The van der Waals surface area contributed by atoms with Crippen molar-refractivity contribution in [3.63, 3.8) is 0 Å². The van der Waals surface area contributed by atoms with Gasteiger partial charge in [-0.15, -0.1) is 0 Å². The van der Waals surface area contributed by atoms with Crippen LogP contribution >= 0.6 is 0 Å². The predicted molar refractivity (Wildman–Crippen MR) is 51.7 cm³/mol. The van der Waals surface area contributed by atoms with Crippen LogP contribution in [0.15, 0.2) is 24.3 Å². The fraction of sp³-hybridized carbons (Fsp3) is 0.600. The lowest BCUT2D eigenvalue weighted by Gasteiger charge is -2.05. The van der Waals surface area contributed by atoms with Crippen LogP contribution in [-0.2, 0) is 0 Å². The van der Waals surface area contributed by atoms with E-state index >= 15 is 0 Å². The summed E-state index contributed by atoms with van der Waals surface area (Å²) in [7, 11) is 0. The zero-order valence-electron chi connectivity index (χ0n) is 7.85. The summed E-state index contributed by atoms with van der Waals surface area (Å²) >= 11 is 0. The lowest BCUT2D eigenvalue weighted by Crippen LogP contribution is -2.23. The maximum atomic E-state index is 3.69. The second-order valence-corrected chi connectivity index (χ2v) is 3.05. The van der Waals surface area contributed by atoms with E-state index in [9.17, 15) is 0 Å². The van der Waals surface area contributed by atoms with Crippen molar-refractivity contribution in [3.05, 3.63) is 24.3 Å². The van der Waals surface area contributed by atoms with Gasteiger partial charge < -0.3 is 5.32 Å². The second-order valence-electron chi connectivity index (χ2n) is 3.05. The first-order valence-electron chi connectivity index (χ1n) is 4.19. The van der Waals surface area contributed by atoms with Gasteiger partial charge in [-0.05, 0) is 19.9 Å². The number of allylic oxidation sites excluding steroid dienone is 2. The first-order chi connectivity index (χ1) is 5.16. The Morgan fingerprint density at radius 2 is 2.18 bits per heavy atom. The van der Waals surface area contributed by atoms with E-state index in [4.69, 9.17) is 0 Å². The molecule has 0 saturated carbocycles. The van der Waals surface area contributed by atoms with E-state index in [-0.39, 0.29) is 0 Å². The molecule has 0 atom stereocenters. The van der Waals surface area contributed by atoms with Crippen LogP contribution in [-0.4, -0.2) is 12.6 Å². The quantitative estimate of drug-likeness (QED) is 0.472. The molecular weight excluding hydrogens is 134 g/mol. The Hall–Kier alpha value is -0.560. The number of nitrogens with one attached hydrogen (secondary N) is 1. The molecule has 0 radical (unpaired) electrons. The molecule has 0 aromatic heterocycles. The van der Waals surface area contributed by atoms with E-state index in [1.807, 2.05) is 6.08 Å². The molecule has 0 aliphatic heterocycles. The molecule has 0 aromatic rings. The van der Waals surface area contributed by atoms with E-state index in [2.05, 4.69) is 38.7 Å². The third-order valence-corrected chi connectivity index (χ3v) is 1.49. The van der Waals surface area contributed by atoms with E-state index in [1.165, 1.54) is 5.57 Å². The fourth-order valence-electron chi connectivity index (χ4n) is 0.755. The van der Waals surface area contributed by atoms with Crippen molar-refractivity contribution in [2.45, 2.75) is 33.2 Å². The molecule has 64 valence electrons. The molecule has 0 spiro atoms. The molecule has 0 saturated heterocycles. The lowest BCUT2D eigenvalue weighted by molar-refractivity contribution is 0.594. The molecule has 0 heterocycles. The van der Waals surface area contributed by atoms with Crippen molar-refractivity contribution in [2.75, 3.05) is 6.54 Å². The molecule has 0 aliphatic rings. The molecule has 0 fully saturated rings. The highest BCUT2D eigenvalue weighted by atomic mass is 14.9. The fourth-order valence-corrected chi connectivity index (χ4v) is 0.755. The van der Waals surface area contributed by atoms with E-state index in [0.717, 1.165) is 13.0 Å².